The van der Waals surface area contributed by atoms with Crippen LogP contribution in [0.1, 0.15) is 56.8 Å². The second-order valence-corrected chi connectivity index (χ2v) is 7.49. The molecule has 0 saturated carbocycles. The second kappa shape index (κ2) is 7.24. The number of thiophene rings is 1. The van der Waals surface area contributed by atoms with Crippen LogP contribution in [0.25, 0.3) is 0 Å². The molecule has 0 radical (unpaired) electrons. The van der Waals surface area contributed by atoms with Gasteiger partial charge in [-0.15, -0.1) is 0 Å². The van der Waals surface area contributed by atoms with Gasteiger partial charge in [0.2, 0.25) is 0 Å². The highest BCUT2D eigenvalue weighted by atomic mass is 32.1. The minimum atomic E-state index is 0.228. The predicted octanol–water partition coefficient (Wildman–Crippen LogP) is 5.33. The van der Waals surface area contributed by atoms with Gasteiger partial charge >= 0.3 is 0 Å². The molecule has 1 heterocycles. The summed E-state index contributed by atoms with van der Waals surface area (Å²) in [6.07, 6.45) is 2.23. The Bertz CT molecular complexity index is 520. The number of rotatable bonds is 6. The molecule has 0 bridgehead atoms. The standard InChI is InChI=1S/C19H27NS/c1-5-11-20-18(16-10-12-21-14-16)13-15-6-8-17(9-7-15)19(2,3)4/h6-10,12,14,18,20H,5,11,13H2,1-4H3. The van der Waals surface area contributed by atoms with Crippen molar-refractivity contribution in [3.63, 3.8) is 0 Å². The van der Waals surface area contributed by atoms with E-state index in [0.717, 1.165) is 13.0 Å². The summed E-state index contributed by atoms with van der Waals surface area (Å²) >= 11 is 1.78. The van der Waals surface area contributed by atoms with Crippen molar-refractivity contribution in [1.82, 2.24) is 5.32 Å². The largest absolute Gasteiger partial charge is 0.310 e. The van der Waals surface area contributed by atoms with Crippen LogP contribution in [0.3, 0.4) is 0 Å². The van der Waals surface area contributed by atoms with Gasteiger partial charge in [0.25, 0.3) is 0 Å². The molecule has 1 aromatic heterocycles. The molecule has 2 rings (SSSR count). The molecule has 1 unspecified atom stereocenters. The normalized spacial score (nSPS) is 13.3. The topological polar surface area (TPSA) is 12.0 Å². The molecule has 114 valence electrons. The number of benzene rings is 1. The summed E-state index contributed by atoms with van der Waals surface area (Å²) in [5.74, 6) is 0. The monoisotopic (exact) mass is 301 g/mol. The molecule has 2 heteroatoms. The average Bonchev–Trinajstić information content (AvgIpc) is 2.97. The van der Waals surface area contributed by atoms with Crippen molar-refractivity contribution in [2.24, 2.45) is 0 Å². The fourth-order valence-corrected chi connectivity index (χ4v) is 3.19. The molecule has 1 atom stereocenters. The van der Waals surface area contributed by atoms with Gasteiger partial charge in [-0.1, -0.05) is 52.0 Å². The summed E-state index contributed by atoms with van der Waals surface area (Å²) in [7, 11) is 0. The first-order valence-electron chi connectivity index (χ1n) is 7.85. The Balaban J connectivity index is 2.09. The van der Waals surface area contributed by atoms with Gasteiger partial charge in [0.05, 0.1) is 0 Å². The molecular weight excluding hydrogens is 274 g/mol. The lowest BCUT2D eigenvalue weighted by Gasteiger charge is -2.21. The average molecular weight is 301 g/mol. The van der Waals surface area contributed by atoms with Gasteiger partial charge in [-0.2, -0.15) is 11.3 Å². The van der Waals surface area contributed by atoms with E-state index in [1.165, 1.54) is 23.1 Å². The number of nitrogens with one attached hydrogen (secondary N) is 1. The van der Waals surface area contributed by atoms with Crippen LogP contribution < -0.4 is 5.32 Å². The molecule has 0 aliphatic carbocycles. The molecule has 21 heavy (non-hydrogen) atoms. The first-order chi connectivity index (χ1) is 10.0. The van der Waals surface area contributed by atoms with E-state index in [-0.39, 0.29) is 5.41 Å². The van der Waals surface area contributed by atoms with Crippen molar-refractivity contribution >= 4 is 11.3 Å². The Hall–Kier alpha value is -1.12. The van der Waals surface area contributed by atoms with Crippen molar-refractivity contribution in [1.29, 1.82) is 0 Å². The Kier molecular flexibility index (Phi) is 5.60. The zero-order valence-electron chi connectivity index (χ0n) is 13.6. The second-order valence-electron chi connectivity index (χ2n) is 6.71. The van der Waals surface area contributed by atoms with Crippen molar-refractivity contribution < 1.29 is 0 Å². The van der Waals surface area contributed by atoms with Gasteiger partial charge in [0.15, 0.2) is 0 Å². The summed E-state index contributed by atoms with van der Waals surface area (Å²) in [6.45, 7) is 10.1. The van der Waals surface area contributed by atoms with Crippen molar-refractivity contribution in [3.05, 3.63) is 57.8 Å². The summed E-state index contributed by atoms with van der Waals surface area (Å²) < 4.78 is 0. The van der Waals surface area contributed by atoms with E-state index in [4.69, 9.17) is 0 Å². The van der Waals surface area contributed by atoms with E-state index < -0.39 is 0 Å². The van der Waals surface area contributed by atoms with Crippen LogP contribution in [0.2, 0.25) is 0 Å². The smallest absolute Gasteiger partial charge is 0.0369 e. The lowest BCUT2D eigenvalue weighted by molar-refractivity contribution is 0.530. The van der Waals surface area contributed by atoms with Crippen LogP contribution in [-0.4, -0.2) is 6.54 Å². The molecule has 0 saturated heterocycles. The van der Waals surface area contributed by atoms with Crippen LogP contribution in [0.4, 0.5) is 0 Å². The molecule has 0 spiro atoms. The van der Waals surface area contributed by atoms with Crippen LogP contribution in [-0.2, 0) is 11.8 Å². The molecular formula is C19H27NS. The Labute approximate surface area is 133 Å². The van der Waals surface area contributed by atoms with Crippen molar-refractivity contribution in [3.8, 4) is 0 Å². The summed E-state index contributed by atoms with van der Waals surface area (Å²) in [5, 5.41) is 8.10. The van der Waals surface area contributed by atoms with Gasteiger partial charge in [-0.05, 0) is 58.3 Å². The van der Waals surface area contributed by atoms with E-state index in [9.17, 15) is 0 Å². The highest BCUT2D eigenvalue weighted by Gasteiger charge is 2.15. The third-order valence-corrected chi connectivity index (χ3v) is 4.55. The fraction of sp³-hybridized carbons (Fsp3) is 0.474. The Morgan fingerprint density at radius 2 is 1.81 bits per heavy atom. The minimum Gasteiger partial charge on any atom is -0.310 e. The van der Waals surface area contributed by atoms with Crippen LogP contribution in [0.15, 0.2) is 41.1 Å². The van der Waals surface area contributed by atoms with Gasteiger partial charge in [-0.3, -0.25) is 0 Å². The summed E-state index contributed by atoms with van der Waals surface area (Å²) in [4.78, 5) is 0. The zero-order chi connectivity index (χ0) is 15.3. The molecule has 1 nitrogen and oxygen atoms in total. The van der Waals surface area contributed by atoms with E-state index in [2.05, 4.69) is 74.1 Å². The maximum absolute atomic E-state index is 3.67. The van der Waals surface area contributed by atoms with E-state index in [0.29, 0.717) is 6.04 Å². The van der Waals surface area contributed by atoms with Crippen LogP contribution >= 0.6 is 11.3 Å². The van der Waals surface area contributed by atoms with Crippen LogP contribution in [0, 0.1) is 0 Å². The first-order valence-corrected chi connectivity index (χ1v) is 8.80. The predicted molar refractivity (Wildman–Crippen MR) is 94.2 cm³/mol. The number of hydrogen-bond acceptors (Lipinski definition) is 2. The van der Waals surface area contributed by atoms with Gasteiger partial charge in [-0.25, -0.2) is 0 Å². The van der Waals surface area contributed by atoms with E-state index in [1.54, 1.807) is 11.3 Å². The van der Waals surface area contributed by atoms with E-state index >= 15 is 0 Å². The first kappa shape index (κ1) is 16.3. The van der Waals surface area contributed by atoms with E-state index in [1.807, 2.05) is 0 Å². The SMILES string of the molecule is CCCNC(Cc1ccc(C(C)(C)C)cc1)c1ccsc1. The maximum atomic E-state index is 3.67. The number of hydrogen-bond donors (Lipinski definition) is 1. The van der Waals surface area contributed by atoms with Crippen LogP contribution in [0.5, 0.6) is 0 Å². The Morgan fingerprint density at radius 1 is 1.10 bits per heavy atom. The Morgan fingerprint density at radius 3 is 2.33 bits per heavy atom. The summed E-state index contributed by atoms with van der Waals surface area (Å²) in [5.41, 5.74) is 4.45. The molecule has 0 aliphatic heterocycles. The minimum absolute atomic E-state index is 0.228. The lowest BCUT2D eigenvalue weighted by atomic mass is 9.86. The molecule has 0 fully saturated rings. The lowest BCUT2D eigenvalue weighted by Crippen LogP contribution is -2.23. The van der Waals surface area contributed by atoms with Crippen molar-refractivity contribution in [2.75, 3.05) is 6.54 Å². The zero-order valence-corrected chi connectivity index (χ0v) is 14.5. The van der Waals surface area contributed by atoms with Gasteiger partial charge in [0, 0.05) is 6.04 Å². The molecule has 2 aromatic rings. The summed E-state index contributed by atoms with van der Waals surface area (Å²) in [6, 6.07) is 11.8. The molecule has 0 amide bonds. The van der Waals surface area contributed by atoms with Crippen molar-refractivity contribution in [2.45, 2.75) is 52.0 Å². The third-order valence-electron chi connectivity index (χ3n) is 3.85. The molecule has 0 aliphatic rings. The maximum Gasteiger partial charge on any atom is 0.0369 e. The highest BCUT2D eigenvalue weighted by molar-refractivity contribution is 7.07. The third kappa shape index (κ3) is 4.69. The van der Waals surface area contributed by atoms with Gasteiger partial charge < -0.3 is 5.32 Å². The highest BCUT2D eigenvalue weighted by Crippen LogP contribution is 2.25. The molecule has 1 aromatic carbocycles. The quantitative estimate of drug-likeness (QED) is 0.760. The molecule has 1 N–H and O–H groups in total. The fourth-order valence-electron chi connectivity index (χ4n) is 2.48. The van der Waals surface area contributed by atoms with Gasteiger partial charge in [0.1, 0.15) is 0 Å².